The van der Waals surface area contributed by atoms with Crippen LogP contribution in [0.3, 0.4) is 0 Å². The van der Waals surface area contributed by atoms with Crippen LogP contribution in [-0.4, -0.2) is 19.1 Å². The minimum Gasteiger partial charge on any atom is -0.309 e. The third kappa shape index (κ3) is 4.95. The maximum absolute atomic E-state index is 5.19. The van der Waals surface area contributed by atoms with Crippen LogP contribution in [0.25, 0.3) is 110 Å². The molecule has 4 heteroatoms. The molecule has 0 bridgehead atoms. The van der Waals surface area contributed by atoms with Crippen molar-refractivity contribution in [1.29, 1.82) is 0 Å². The first-order chi connectivity index (χ1) is 28.8. The maximum Gasteiger partial charge on any atom is 0.0973 e. The lowest BCUT2D eigenvalue weighted by Gasteiger charge is -2.14. The lowest BCUT2D eigenvalue weighted by Crippen LogP contribution is -1.98. The van der Waals surface area contributed by atoms with Crippen LogP contribution >= 0.6 is 0 Å². The lowest BCUT2D eigenvalue weighted by atomic mass is 9.96. The number of benzene rings is 9. The molecule has 12 rings (SSSR count). The molecule has 0 unspecified atom stereocenters. The van der Waals surface area contributed by atoms with E-state index in [2.05, 4.69) is 185 Å². The SMILES string of the molecule is c1ccc(-c2nc3ccccc3nc2-c2ccc(-n3c4ccccc4c4cc5c6c7ccccc7cc(-c7ccccc7)c6n(-c6ccccc6)c5cc43)cc2)cc1. The Morgan fingerprint density at radius 2 is 0.862 bits per heavy atom. The Kier molecular flexibility index (Phi) is 7.20. The molecule has 0 saturated carbocycles. The second-order valence-electron chi connectivity index (χ2n) is 15.0. The number of hydrogen-bond donors (Lipinski definition) is 0. The van der Waals surface area contributed by atoms with E-state index in [0.29, 0.717) is 0 Å². The predicted molar refractivity (Wildman–Crippen MR) is 242 cm³/mol. The lowest BCUT2D eigenvalue weighted by molar-refractivity contribution is 1.16. The second-order valence-corrected chi connectivity index (χ2v) is 15.0. The van der Waals surface area contributed by atoms with Crippen LogP contribution in [0.15, 0.2) is 206 Å². The standard InChI is InChI=1S/C54H34N4/c1-4-16-35(17-5-1)43-32-38-20-10-11-23-41(38)51-45-33-44-42-24-12-15-27-48(42)57(49(44)34-50(45)58(54(43)51)39-21-8-3-9-22-39)40-30-28-37(29-31-40)53-52(36-18-6-2-7-19-36)55-46-25-13-14-26-47(46)56-53/h1-34H. The Morgan fingerprint density at radius 3 is 1.57 bits per heavy atom. The first-order valence-electron chi connectivity index (χ1n) is 19.8. The van der Waals surface area contributed by atoms with Gasteiger partial charge in [-0.15, -0.1) is 0 Å². The Balaban J connectivity index is 1.14. The molecule has 0 fully saturated rings. The summed E-state index contributed by atoms with van der Waals surface area (Å²) in [5.41, 5.74) is 14.9. The highest BCUT2D eigenvalue weighted by Crippen LogP contribution is 2.45. The molecule has 0 saturated heterocycles. The highest BCUT2D eigenvalue weighted by atomic mass is 15.0. The highest BCUT2D eigenvalue weighted by molar-refractivity contribution is 6.28. The largest absolute Gasteiger partial charge is 0.309 e. The Morgan fingerprint density at radius 1 is 0.328 bits per heavy atom. The highest BCUT2D eigenvalue weighted by Gasteiger charge is 2.23. The minimum absolute atomic E-state index is 0.870. The zero-order valence-corrected chi connectivity index (χ0v) is 31.4. The summed E-state index contributed by atoms with van der Waals surface area (Å²) in [6.45, 7) is 0. The zero-order chi connectivity index (χ0) is 38.2. The molecule has 0 aliphatic carbocycles. The number of hydrogen-bond acceptors (Lipinski definition) is 2. The van der Waals surface area contributed by atoms with Gasteiger partial charge in [-0.1, -0.05) is 146 Å². The van der Waals surface area contributed by atoms with Gasteiger partial charge in [0.25, 0.3) is 0 Å². The molecule has 58 heavy (non-hydrogen) atoms. The van der Waals surface area contributed by atoms with E-state index in [1.54, 1.807) is 0 Å². The van der Waals surface area contributed by atoms with Crippen LogP contribution in [0, 0.1) is 0 Å². The fraction of sp³-hybridized carbons (Fsp3) is 0. The van der Waals surface area contributed by atoms with Crippen LogP contribution in [0.4, 0.5) is 0 Å². The average Bonchev–Trinajstić information content (AvgIpc) is 3.81. The number of aromatic nitrogens is 4. The normalized spacial score (nSPS) is 11.8. The molecule has 0 radical (unpaired) electrons. The molecule has 0 spiro atoms. The summed E-state index contributed by atoms with van der Waals surface area (Å²) in [4.78, 5) is 10.3. The Hall–Kier alpha value is -7.82. The monoisotopic (exact) mass is 738 g/mol. The molecule has 3 aromatic heterocycles. The van der Waals surface area contributed by atoms with Gasteiger partial charge in [0.2, 0.25) is 0 Å². The third-order valence-electron chi connectivity index (χ3n) is 11.7. The molecule has 270 valence electrons. The fourth-order valence-corrected chi connectivity index (χ4v) is 9.08. The number of rotatable bonds is 5. The number of para-hydroxylation sites is 4. The molecule has 3 heterocycles. The number of nitrogens with zero attached hydrogens (tertiary/aromatic N) is 4. The van der Waals surface area contributed by atoms with E-state index in [9.17, 15) is 0 Å². The molecule has 4 nitrogen and oxygen atoms in total. The first kappa shape index (κ1) is 32.4. The summed E-state index contributed by atoms with van der Waals surface area (Å²) in [6, 6.07) is 73.8. The predicted octanol–water partition coefficient (Wildman–Crippen LogP) is 14.0. The molecule has 9 aromatic carbocycles. The topological polar surface area (TPSA) is 35.6 Å². The molecule has 0 N–H and O–H groups in total. The minimum atomic E-state index is 0.870. The molecular weight excluding hydrogens is 705 g/mol. The fourth-order valence-electron chi connectivity index (χ4n) is 9.08. The Labute approximate surface area is 334 Å². The third-order valence-corrected chi connectivity index (χ3v) is 11.7. The van der Waals surface area contributed by atoms with Gasteiger partial charge in [0, 0.05) is 49.6 Å². The molecule has 0 aliphatic heterocycles. The van der Waals surface area contributed by atoms with Gasteiger partial charge in [0.05, 0.1) is 44.5 Å². The molecule has 0 atom stereocenters. The van der Waals surface area contributed by atoms with Crippen molar-refractivity contribution in [2.75, 3.05) is 0 Å². The first-order valence-corrected chi connectivity index (χ1v) is 19.8. The van der Waals surface area contributed by atoms with Crippen molar-refractivity contribution in [2.24, 2.45) is 0 Å². The van der Waals surface area contributed by atoms with E-state index in [-0.39, 0.29) is 0 Å². The molecule has 12 aromatic rings. The summed E-state index contributed by atoms with van der Waals surface area (Å²) in [5, 5.41) is 7.43. The van der Waals surface area contributed by atoms with Crippen molar-refractivity contribution in [3.05, 3.63) is 206 Å². The van der Waals surface area contributed by atoms with Crippen LogP contribution in [0.2, 0.25) is 0 Å². The van der Waals surface area contributed by atoms with Gasteiger partial charge in [0.1, 0.15) is 0 Å². The zero-order valence-electron chi connectivity index (χ0n) is 31.4. The summed E-state index contributed by atoms with van der Waals surface area (Å²) < 4.78 is 4.90. The van der Waals surface area contributed by atoms with Crippen molar-refractivity contribution in [1.82, 2.24) is 19.1 Å². The molecule has 0 amide bonds. The summed E-state index contributed by atoms with van der Waals surface area (Å²) in [7, 11) is 0. The van der Waals surface area contributed by atoms with Crippen molar-refractivity contribution in [3.63, 3.8) is 0 Å². The summed E-state index contributed by atoms with van der Waals surface area (Å²) in [5.74, 6) is 0. The van der Waals surface area contributed by atoms with Gasteiger partial charge >= 0.3 is 0 Å². The van der Waals surface area contributed by atoms with Gasteiger partial charge in [-0.2, -0.15) is 0 Å². The van der Waals surface area contributed by atoms with E-state index < -0.39 is 0 Å². The van der Waals surface area contributed by atoms with Gasteiger partial charge in [0.15, 0.2) is 0 Å². The van der Waals surface area contributed by atoms with E-state index in [0.717, 1.165) is 50.4 Å². The average molecular weight is 739 g/mol. The molecule has 0 aliphatic rings. The van der Waals surface area contributed by atoms with Crippen molar-refractivity contribution < 1.29 is 0 Å². The Bertz CT molecular complexity index is 3530. The van der Waals surface area contributed by atoms with E-state index in [4.69, 9.17) is 9.97 Å². The quantitative estimate of drug-likeness (QED) is 0.176. The van der Waals surface area contributed by atoms with Crippen LogP contribution < -0.4 is 0 Å². The van der Waals surface area contributed by atoms with Crippen LogP contribution in [0.5, 0.6) is 0 Å². The molecular formula is C54H34N4. The summed E-state index contributed by atoms with van der Waals surface area (Å²) in [6.07, 6.45) is 0. The van der Waals surface area contributed by atoms with E-state index in [1.165, 1.54) is 60.0 Å². The van der Waals surface area contributed by atoms with Gasteiger partial charge in [-0.3, -0.25) is 0 Å². The van der Waals surface area contributed by atoms with E-state index >= 15 is 0 Å². The second kappa shape index (κ2) is 12.9. The maximum atomic E-state index is 5.19. The van der Waals surface area contributed by atoms with Crippen LogP contribution in [-0.2, 0) is 0 Å². The smallest absolute Gasteiger partial charge is 0.0973 e. The number of fused-ring (bicyclic) bond motifs is 9. The summed E-state index contributed by atoms with van der Waals surface area (Å²) >= 11 is 0. The van der Waals surface area contributed by atoms with Gasteiger partial charge in [-0.05, 0) is 77.0 Å². The van der Waals surface area contributed by atoms with Gasteiger partial charge in [-0.25, -0.2) is 9.97 Å². The van der Waals surface area contributed by atoms with Crippen molar-refractivity contribution in [2.45, 2.75) is 0 Å². The van der Waals surface area contributed by atoms with Crippen molar-refractivity contribution >= 4 is 65.4 Å². The van der Waals surface area contributed by atoms with Crippen LogP contribution in [0.1, 0.15) is 0 Å². The van der Waals surface area contributed by atoms with Crippen molar-refractivity contribution in [3.8, 4) is 45.0 Å². The van der Waals surface area contributed by atoms with Gasteiger partial charge < -0.3 is 9.13 Å². The van der Waals surface area contributed by atoms with E-state index in [1.807, 2.05) is 30.3 Å².